The Morgan fingerprint density at radius 1 is 1.17 bits per heavy atom. The molecule has 1 aliphatic rings. The zero-order valence-corrected chi connectivity index (χ0v) is 6.37. The largest absolute Gasteiger partial charge is 0.394 e. The summed E-state index contributed by atoms with van der Waals surface area (Å²) in [5, 5.41) is 36.1. The van der Waals surface area contributed by atoms with Crippen LogP contribution in [0, 0.1) is 0 Å². The molecule has 0 aliphatic carbocycles. The standard InChI is InChI=1S/C6H13NO5/c7-3-5(10)4(9)2(1-8)12-6(3)11/h2-6,8-11H,1,7H2/t2-,3-,4-,5-,6+/m1/s1/i7+1. The van der Waals surface area contributed by atoms with Gasteiger partial charge in [0, 0.05) is 0 Å². The van der Waals surface area contributed by atoms with Gasteiger partial charge in [0.2, 0.25) is 0 Å². The van der Waals surface area contributed by atoms with Crippen molar-refractivity contribution in [2.75, 3.05) is 6.61 Å². The average molecular weight is 180 g/mol. The predicted octanol–water partition coefficient (Wildman–Crippen LogP) is -3.26. The van der Waals surface area contributed by atoms with Crippen LogP contribution < -0.4 is 5.73 Å². The highest BCUT2D eigenvalue weighted by molar-refractivity contribution is 4.90. The van der Waals surface area contributed by atoms with Crippen molar-refractivity contribution in [3.8, 4) is 0 Å². The summed E-state index contributed by atoms with van der Waals surface area (Å²) in [5.74, 6) is 0. The molecule has 0 aromatic carbocycles. The van der Waals surface area contributed by atoms with Gasteiger partial charge in [-0.1, -0.05) is 0 Å². The molecule has 0 unspecified atom stereocenters. The number of aliphatic hydroxyl groups is 4. The van der Waals surface area contributed by atoms with E-state index in [9.17, 15) is 10.2 Å². The number of aliphatic hydroxyl groups excluding tert-OH is 4. The molecule has 0 saturated carbocycles. The highest BCUT2D eigenvalue weighted by atomic mass is 16.6. The van der Waals surface area contributed by atoms with Gasteiger partial charge < -0.3 is 30.9 Å². The molecule has 0 radical (unpaired) electrons. The van der Waals surface area contributed by atoms with Gasteiger partial charge in [-0.15, -0.1) is 0 Å². The quantitative estimate of drug-likeness (QED) is 0.270. The highest BCUT2D eigenvalue weighted by Gasteiger charge is 2.41. The summed E-state index contributed by atoms with van der Waals surface area (Å²) in [6.07, 6.45) is -4.85. The smallest absolute Gasteiger partial charge is 0.173 e. The Bertz CT molecular complexity index is 150. The van der Waals surface area contributed by atoms with Crippen molar-refractivity contribution in [1.82, 2.24) is 0 Å². The van der Waals surface area contributed by atoms with Crippen molar-refractivity contribution < 1.29 is 25.2 Å². The Hall–Kier alpha value is -0.240. The summed E-state index contributed by atoms with van der Waals surface area (Å²) in [4.78, 5) is 0. The van der Waals surface area contributed by atoms with Crippen LogP contribution in [-0.4, -0.2) is 57.7 Å². The van der Waals surface area contributed by atoms with Gasteiger partial charge in [0.05, 0.1) is 12.6 Å². The first-order valence-corrected chi connectivity index (χ1v) is 3.64. The number of rotatable bonds is 1. The van der Waals surface area contributed by atoms with Crippen molar-refractivity contribution in [1.29, 1.82) is 0 Å². The van der Waals surface area contributed by atoms with Crippen molar-refractivity contribution in [3.63, 3.8) is 0 Å². The summed E-state index contributed by atoms with van der Waals surface area (Å²) in [7, 11) is 0. The molecule has 0 aromatic heterocycles. The molecular formula is C6H13NO5. The van der Waals surface area contributed by atoms with Gasteiger partial charge in [0.1, 0.15) is 18.3 Å². The van der Waals surface area contributed by atoms with Crippen LogP contribution in [0.1, 0.15) is 0 Å². The predicted molar refractivity (Wildman–Crippen MR) is 38.0 cm³/mol. The van der Waals surface area contributed by atoms with E-state index in [1.54, 1.807) is 0 Å². The van der Waals surface area contributed by atoms with Gasteiger partial charge in [0.15, 0.2) is 6.29 Å². The van der Waals surface area contributed by atoms with E-state index in [1.807, 2.05) is 0 Å². The Morgan fingerprint density at radius 3 is 2.25 bits per heavy atom. The maximum Gasteiger partial charge on any atom is 0.173 e. The molecule has 6 N–H and O–H groups in total. The van der Waals surface area contributed by atoms with Gasteiger partial charge >= 0.3 is 0 Å². The molecule has 6 nitrogen and oxygen atoms in total. The minimum atomic E-state index is -1.35. The number of nitrogens with two attached hydrogens (primary N) is 1. The molecule has 1 heterocycles. The molecule has 6 heteroatoms. The molecule has 0 spiro atoms. The second-order valence-electron chi connectivity index (χ2n) is 2.81. The third-order valence-electron chi connectivity index (χ3n) is 1.95. The van der Waals surface area contributed by atoms with E-state index < -0.39 is 37.3 Å². The van der Waals surface area contributed by atoms with Gasteiger partial charge in [-0.25, -0.2) is 0 Å². The zero-order valence-electron chi connectivity index (χ0n) is 6.37. The van der Waals surface area contributed by atoms with Crippen molar-refractivity contribution in [3.05, 3.63) is 0 Å². The van der Waals surface area contributed by atoms with Gasteiger partial charge in [-0.3, -0.25) is 0 Å². The fourth-order valence-corrected chi connectivity index (χ4v) is 1.12. The molecule has 12 heavy (non-hydrogen) atoms. The molecule has 5 atom stereocenters. The zero-order chi connectivity index (χ0) is 9.30. The summed E-state index contributed by atoms with van der Waals surface area (Å²) >= 11 is 0. The van der Waals surface area contributed by atoms with Gasteiger partial charge in [-0.2, -0.15) is 0 Å². The van der Waals surface area contributed by atoms with E-state index in [2.05, 4.69) is 0 Å². The lowest BCUT2D eigenvalue weighted by Gasteiger charge is -2.38. The van der Waals surface area contributed by atoms with Crippen LogP contribution in [0.15, 0.2) is 0 Å². The summed E-state index contributed by atoms with van der Waals surface area (Å²) < 4.78 is 4.70. The Kier molecular flexibility index (Phi) is 2.99. The first-order chi connectivity index (χ1) is 5.57. The molecule has 0 aromatic rings. The van der Waals surface area contributed by atoms with Crippen LogP contribution in [0.25, 0.3) is 0 Å². The molecular weight excluding hydrogens is 167 g/mol. The lowest BCUT2D eigenvalue weighted by molar-refractivity contribution is -0.248. The Balaban J connectivity index is 2.63. The first kappa shape index (κ1) is 9.85. The summed E-state index contributed by atoms with van der Waals surface area (Å²) in [6.45, 7) is -0.470. The first-order valence-electron chi connectivity index (χ1n) is 3.64. The minimum absolute atomic E-state index is 0.470. The van der Waals surface area contributed by atoms with Crippen LogP contribution in [0.2, 0.25) is 0 Å². The van der Waals surface area contributed by atoms with Crippen molar-refractivity contribution >= 4 is 0 Å². The SMILES string of the molecule is [15NH2][C@@H]1[C@@H](O)[C@H](O)[C@@H](CO)O[C@@H]1O. The molecule has 0 amide bonds. The third kappa shape index (κ3) is 1.58. The minimum Gasteiger partial charge on any atom is -0.394 e. The number of hydrogen-bond donors (Lipinski definition) is 5. The second-order valence-corrected chi connectivity index (χ2v) is 2.81. The summed E-state index contributed by atoms with van der Waals surface area (Å²) in [5.41, 5.74) is 5.26. The van der Waals surface area contributed by atoms with Crippen molar-refractivity contribution in [2.45, 2.75) is 30.6 Å². The normalized spacial score (nSPS) is 49.2. The third-order valence-corrected chi connectivity index (χ3v) is 1.95. The molecule has 1 fully saturated rings. The maximum absolute atomic E-state index is 9.20. The van der Waals surface area contributed by atoms with E-state index in [0.29, 0.717) is 0 Å². The van der Waals surface area contributed by atoms with E-state index in [0.717, 1.165) is 0 Å². The van der Waals surface area contributed by atoms with E-state index in [1.165, 1.54) is 0 Å². The molecule has 1 saturated heterocycles. The Morgan fingerprint density at radius 2 is 1.75 bits per heavy atom. The van der Waals surface area contributed by atoms with Crippen LogP contribution >= 0.6 is 0 Å². The molecule has 0 bridgehead atoms. The average Bonchev–Trinajstić information content (AvgIpc) is 2.08. The van der Waals surface area contributed by atoms with Crippen LogP contribution in [-0.2, 0) is 4.74 Å². The monoisotopic (exact) mass is 180 g/mol. The van der Waals surface area contributed by atoms with Crippen molar-refractivity contribution in [2.24, 2.45) is 5.73 Å². The fourth-order valence-electron chi connectivity index (χ4n) is 1.12. The summed E-state index contributed by atoms with van der Waals surface area (Å²) in [6, 6.07) is -1.04. The van der Waals surface area contributed by atoms with Crippen LogP contribution in [0.4, 0.5) is 0 Å². The molecule has 72 valence electrons. The van der Waals surface area contributed by atoms with Gasteiger partial charge in [0.25, 0.3) is 0 Å². The second kappa shape index (κ2) is 3.65. The van der Waals surface area contributed by atoms with E-state index >= 15 is 0 Å². The maximum atomic E-state index is 9.20. The lowest BCUT2D eigenvalue weighted by Crippen LogP contribution is -2.61. The number of ether oxygens (including phenoxy) is 1. The van der Waals surface area contributed by atoms with Crippen LogP contribution in [0.3, 0.4) is 0 Å². The molecule has 1 aliphatic heterocycles. The van der Waals surface area contributed by atoms with E-state index in [-0.39, 0.29) is 0 Å². The Labute approximate surface area is 69.2 Å². The number of hydrogen-bond acceptors (Lipinski definition) is 6. The lowest BCUT2D eigenvalue weighted by atomic mass is 9.99. The van der Waals surface area contributed by atoms with E-state index in [4.69, 9.17) is 20.7 Å². The molecule has 1 rings (SSSR count). The van der Waals surface area contributed by atoms with Crippen LogP contribution in [0.5, 0.6) is 0 Å². The van der Waals surface area contributed by atoms with Gasteiger partial charge in [-0.05, 0) is 0 Å². The fraction of sp³-hybridized carbons (Fsp3) is 1.00. The highest BCUT2D eigenvalue weighted by Crippen LogP contribution is 2.17. The topological polar surface area (TPSA) is 116 Å².